The van der Waals surface area contributed by atoms with Gasteiger partial charge in [-0.25, -0.2) is 0 Å². The molecule has 1 aliphatic carbocycles. The zero-order valence-corrected chi connectivity index (χ0v) is 13.6. The molecule has 0 bridgehead atoms. The summed E-state index contributed by atoms with van der Waals surface area (Å²) < 4.78 is 0. The number of hydrogen-bond donors (Lipinski definition) is 1. The standard InChI is InChI=1S/C18H19ClN2O2/c19-15-6-5-12(16-14(15)4-2-8-20-16)9-21-10-13-3-1-7-18(13,11-21)17(22)23/h2,4-6,8,13H,1,3,7,9-11H2,(H,22,23)/t13-,18+/m0/s1. The molecule has 2 aromatic rings. The van der Waals surface area contributed by atoms with Gasteiger partial charge in [-0.15, -0.1) is 0 Å². The van der Waals surface area contributed by atoms with Crippen LogP contribution >= 0.6 is 11.6 Å². The summed E-state index contributed by atoms with van der Waals surface area (Å²) >= 11 is 6.26. The van der Waals surface area contributed by atoms with Crippen LogP contribution in [0.3, 0.4) is 0 Å². The molecule has 2 aliphatic rings. The summed E-state index contributed by atoms with van der Waals surface area (Å²) in [7, 11) is 0. The number of hydrogen-bond acceptors (Lipinski definition) is 3. The monoisotopic (exact) mass is 330 g/mol. The second kappa shape index (κ2) is 5.46. The van der Waals surface area contributed by atoms with Crippen LogP contribution in [0.4, 0.5) is 0 Å². The van der Waals surface area contributed by atoms with Crippen molar-refractivity contribution in [2.75, 3.05) is 13.1 Å². The third kappa shape index (κ3) is 2.32. The number of benzene rings is 1. The van der Waals surface area contributed by atoms with Crippen LogP contribution in [-0.2, 0) is 11.3 Å². The second-order valence-electron chi connectivity index (χ2n) is 6.83. The largest absolute Gasteiger partial charge is 0.481 e. The summed E-state index contributed by atoms with van der Waals surface area (Å²) in [5.41, 5.74) is 1.50. The number of aromatic nitrogens is 1. The van der Waals surface area contributed by atoms with E-state index in [0.29, 0.717) is 11.6 Å². The Kier molecular flexibility index (Phi) is 3.54. The van der Waals surface area contributed by atoms with Crippen molar-refractivity contribution >= 4 is 28.5 Å². The lowest BCUT2D eigenvalue weighted by atomic mass is 9.81. The van der Waals surface area contributed by atoms with Crippen LogP contribution in [0.1, 0.15) is 24.8 Å². The van der Waals surface area contributed by atoms with Gasteiger partial charge in [-0.1, -0.05) is 24.1 Å². The molecule has 0 radical (unpaired) electrons. The molecule has 2 atom stereocenters. The summed E-state index contributed by atoms with van der Waals surface area (Å²) in [5, 5.41) is 11.4. The van der Waals surface area contributed by atoms with Crippen molar-refractivity contribution in [1.82, 2.24) is 9.88 Å². The lowest BCUT2D eigenvalue weighted by molar-refractivity contribution is -0.149. The quantitative estimate of drug-likeness (QED) is 0.934. The summed E-state index contributed by atoms with van der Waals surface area (Å²) in [5.74, 6) is -0.340. The first-order chi connectivity index (χ1) is 11.1. The Bertz CT molecular complexity index is 779. The number of nitrogens with zero attached hydrogens (tertiary/aromatic N) is 2. The van der Waals surface area contributed by atoms with Gasteiger partial charge in [0, 0.05) is 36.2 Å². The number of fused-ring (bicyclic) bond motifs is 2. The third-order valence-electron chi connectivity index (χ3n) is 5.56. The van der Waals surface area contributed by atoms with Crippen molar-refractivity contribution in [3.8, 4) is 0 Å². The van der Waals surface area contributed by atoms with Gasteiger partial charge in [-0.2, -0.15) is 0 Å². The van der Waals surface area contributed by atoms with E-state index in [1.807, 2.05) is 24.3 Å². The normalized spacial score (nSPS) is 27.4. The van der Waals surface area contributed by atoms with Gasteiger partial charge in [0.25, 0.3) is 0 Å². The smallest absolute Gasteiger partial charge is 0.311 e. The van der Waals surface area contributed by atoms with Crippen molar-refractivity contribution in [1.29, 1.82) is 0 Å². The Balaban J connectivity index is 1.63. The van der Waals surface area contributed by atoms with E-state index in [0.717, 1.165) is 48.8 Å². The molecular formula is C18H19ClN2O2. The molecule has 1 N–H and O–H groups in total. The number of halogens is 1. The minimum Gasteiger partial charge on any atom is -0.481 e. The summed E-state index contributed by atoms with van der Waals surface area (Å²) in [6.45, 7) is 2.24. The van der Waals surface area contributed by atoms with Gasteiger partial charge < -0.3 is 5.11 Å². The molecular weight excluding hydrogens is 312 g/mol. The van der Waals surface area contributed by atoms with Crippen LogP contribution in [0.5, 0.6) is 0 Å². The Morgan fingerprint density at radius 2 is 2.30 bits per heavy atom. The first-order valence-electron chi connectivity index (χ1n) is 8.08. The summed E-state index contributed by atoms with van der Waals surface area (Å²) in [6.07, 6.45) is 4.65. The average Bonchev–Trinajstić information content (AvgIpc) is 3.08. The SMILES string of the molecule is O=C(O)[C@@]12CCC[C@H]1CN(Cc1ccc(Cl)c3cccnc13)C2. The van der Waals surface area contributed by atoms with Crippen molar-refractivity contribution in [2.24, 2.45) is 11.3 Å². The Hall–Kier alpha value is -1.65. The maximum absolute atomic E-state index is 11.8. The predicted molar refractivity (Wildman–Crippen MR) is 89.4 cm³/mol. The van der Waals surface area contributed by atoms with Crippen LogP contribution in [-0.4, -0.2) is 34.0 Å². The van der Waals surface area contributed by atoms with Gasteiger partial charge in [0.2, 0.25) is 0 Å². The number of carboxylic acids is 1. The van der Waals surface area contributed by atoms with Crippen molar-refractivity contribution in [3.05, 3.63) is 41.0 Å². The van der Waals surface area contributed by atoms with E-state index in [1.165, 1.54) is 0 Å². The van der Waals surface area contributed by atoms with E-state index in [4.69, 9.17) is 11.6 Å². The molecule has 0 spiro atoms. The molecule has 0 amide bonds. The minimum absolute atomic E-state index is 0.284. The number of rotatable bonds is 3. The number of carboxylic acid groups (broad SMARTS) is 1. The van der Waals surface area contributed by atoms with Crippen LogP contribution < -0.4 is 0 Å². The fourth-order valence-corrected chi connectivity index (χ4v) is 4.64. The summed E-state index contributed by atoms with van der Waals surface area (Å²) in [4.78, 5) is 18.6. The molecule has 23 heavy (non-hydrogen) atoms. The topological polar surface area (TPSA) is 53.4 Å². The zero-order chi connectivity index (χ0) is 16.0. The van der Waals surface area contributed by atoms with Crippen molar-refractivity contribution < 1.29 is 9.90 Å². The third-order valence-corrected chi connectivity index (χ3v) is 5.89. The van der Waals surface area contributed by atoms with Crippen LogP contribution in [0, 0.1) is 11.3 Å². The van der Waals surface area contributed by atoms with Crippen LogP contribution in [0.25, 0.3) is 10.9 Å². The van der Waals surface area contributed by atoms with Gasteiger partial charge in [-0.3, -0.25) is 14.7 Å². The highest BCUT2D eigenvalue weighted by molar-refractivity contribution is 6.35. The highest BCUT2D eigenvalue weighted by Gasteiger charge is 2.54. The van der Waals surface area contributed by atoms with Crippen molar-refractivity contribution in [3.63, 3.8) is 0 Å². The molecule has 4 nitrogen and oxygen atoms in total. The molecule has 2 fully saturated rings. The Morgan fingerprint density at radius 1 is 1.43 bits per heavy atom. The van der Waals surface area contributed by atoms with Gasteiger partial charge in [-0.05, 0) is 42.5 Å². The fraction of sp³-hybridized carbons (Fsp3) is 0.444. The van der Waals surface area contributed by atoms with E-state index < -0.39 is 11.4 Å². The Labute approximate surface area is 140 Å². The highest BCUT2D eigenvalue weighted by atomic mass is 35.5. The maximum Gasteiger partial charge on any atom is 0.311 e. The average molecular weight is 331 g/mol. The Morgan fingerprint density at radius 3 is 3.09 bits per heavy atom. The van der Waals surface area contributed by atoms with Crippen LogP contribution in [0.2, 0.25) is 5.02 Å². The maximum atomic E-state index is 11.8. The molecule has 1 saturated heterocycles. The molecule has 2 heterocycles. The van der Waals surface area contributed by atoms with Gasteiger partial charge in [0.1, 0.15) is 0 Å². The molecule has 1 aliphatic heterocycles. The molecule has 1 aromatic heterocycles. The van der Waals surface area contributed by atoms with Crippen molar-refractivity contribution in [2.45, 2.75) is 25.8 Å². The van der Waals surface area contributed by atoms with E-state index >= 15 is 0 Å². The molecule has 5 heteroatoms. The fourth-order valence-electron chi connectivity index (χ4n) is 4.43. The first kappa shape index (κ1) is 14.9. The summed E-state index contributed by atoms with van der Waals surface area (Å²) in [6, 6.07) is 7.78. The van der Waals surface area contributed by atoms with Crippen LogP contribution in [0.15, 0.2) is 30.5 Å². The van der Waals surface area contributed by atoms with E-state index in [9.17, 15) is 9.90 Å². The van der Waals surface area contributed by atoms with Gasteiger partial charge >= 0.3 is 5.97 Å². The van der Waals surface area contributed by atoms with E-state index in [-0.39, 0.29) is 5.92 Å². The van der Waals surface area contributed by atoms with Gasteiger partial charge in [0.15, 0.2) is 0 Å². The van der Waals surface area contributed by atoms with E-state index in [2.05, 4.69) is 9.88 Å². The molecule has 1 aromatic carbocycles. The highest BCUT2D eigenvalue weighted by Crippen LogP contribution is 2.49. The predicted octanol–water partition coefficient (Wildman–Crippen LogP) is 3.57. The zero-order valence-electron chi connectivity index (χ0n) is 12.8. The lowest BCUT2D eigenvalue weighted by Gasteiger charge is -2.23. The first-order valence-corrected chi connectivity index (χ1v) is 8.46. The number of aliphatic carboxylic acids is 1. The minimum atomic E-state index is -0.624. The molecule has 1 saturated carbocycles. The van der Waals surface area contributed by atoms with E-state index in [1.54, 1.807) is 6.20 Å². The number of pyridine rings is 1. The molecule has 4 rings (SSSR count). The van der Waals surface area contributed by atoms with Gasteiger partial charge in [0.05, 0.1) is 10.9 Å². The second-order valence-corrected chi connectivity index (χ2v) is 7.23. The lowest BCUT2D eigenvalue weighted by Crippen LogP contribution is -2.35. The number of likely N-dealkylation sites (tertiary alicyclic amines) is 1. The number of carbonyl (C=O) groups is 1. The molecule has 0 unspecified atom stereocenters. The molecule has 120 valence electrons.